The lowest BCUT2D eigenvalue weighted by molar-refractivity contribution is -0.247. The molecule has 0 N–H and O–H groups in total. The largest absolute Gasteiger partial charge is 0.494 e. The number of hydrogen-bond donors (Lipinski definition) is 0. The van der Waals surface area contributed by atoms with E-state index in [0.717, 1.165) is 0 Å². The summed E-state index contributed by atoms with van der Waals surface area (Å²) in [6.45, 7) is 6.64. The van der Waals surface area contributed by atoms with E-state index < -0.39 is 5.97 Å². The zero-order valence-electron chi connectivity index (χ0n) is 12.5. The number of hydrogen-bond acceptors (Lipinski definition) is 5. The molecular weight excluding hydrogens is 260 g/mol. The van der Waals surface area contributed by atoms with Crippen LogP contribution in [0, 0.1) is 0 Å². The van der Waals surface area contributed by atoms with Crippen LogP contribution < -0.4 is 4.74 Å². The predicted octanol–water partition coefficient (Wildman–Crippen LogP) is 2.99. The van der Waals surface area contributed by atoms with Gasteiger partial charge in [-0.05, 0) is 45.0 Å². The number of carbonyl (C=O) groups is 1. The standard InChI is InChI=1S/C15H22O5/c1-5-18-13-8-6-12(7-9-13)14(16)20-19-11-10-15(2,3)17-4/h6-9H,5,10-11H2,1-4H3. The summed E-state index contributed by atoms with van der Waals surface area (Å²) in [6.07, 6.45) is 0.625. The second-order valence-corrected chi connectivity index (χ2v) is 4.86. The average molecular weight is 282 g/mol. The van der Waals surface area contributed by atoms with E-state index in [2.05, 4.69) is 0 Å². The number of carbonyl (C=O) groups excluding carboxylic acids is 1. The van der Waals surface area contributed by atoms with Gasteiger partial charge in [0.05, 0.1) is 24.4 Å². The Hall–Kier alpha value is -1.59. The van der Waals surface area contributed by atoms with E-state index in [0.29, 0.717) is 24.3 Å². The quantitative estimate of drug-likeness (QED) is 0.417. The van der Waals surface area contributed by atoms with E-state index in [-0.39, 0.29) is 12.2 Å². The maximum absolute atomic E-state index is 11.7. The maximum Gasteiger partial charge on any atom is 0.373 e. The first-order valence-electron chi connectivity index (χ1n) is 6.60. The highest BCUT2D eigenvalue weighted by molar-refractivity contribution is 5.89. The van der Waals surface area contributed by atoms with E-state index in [4.69, 9.17) is 19.2 Å². The summed E-state index contributed by atoms with van der Waals surface area (Å²) in [5.74, 6) is 0.190. The van der Waals surface area contributed by atoms with Gasteiger partial charge in [-0.1, -0.05) is 0 Å². The first-order chi connectivity index (χ1) is 9.48. The zero-order chi connectivity index (χ0) is 15.0. The third-order valence-electron chi connectivity index (χ3n) is 2.88. The summed E-state index contributed by atoms with van der Waals surface area (Å²) < 4.78 is 10.5. The van der Waals surface area contributed by atoms with E-state index in [9.17, 15) is 4.79 Å². The highest BCUT2D eigenvalue weighted by Gasteiger charge is 2.16. The van der Waals surface area contributed by atoms with Crippen molar-refractivity contribution < 1.29 is 24.0 Å². The fourth-order valence-electron chi connectivity index (χ4n) is 1.39. The van der Waals surface area contributed by atoms with Gasteiger partial charge in [-0.15, -0.1) is 0 Å². The molecule has 0 spiro atoms. The van der Waals surface area contributed by atoms with Gasteiger partial charge in [-0.2, -0.15) is 4.89 Å². The van der Waals surface area contributed by atoms with Gasteiger partial charge in [0.15, 0.2) is 0 Å². The summed E-state index contributed by atoms with van der Waals surface area (Å²) in [5.41, 5.74) is 0.116. The molecule has 112 valence electrons. The summed E-state index contributed by atoms with van der Waals surface area (Å²) in [6, 6.07) is 6.70. The van der Waals surface area contributed by atoms with Crippen molar-refractivity contribution in [1.29, 1.82) is 0 Å². The zero-order valence-corrected chi connectivity index (χ0v) is 12.5. The van der Waals surface area contributed by atoms with Crippen LogP contribution in [0.2, 0.25) is 0 Å². The average Bonchev–Trinajstić information content (AvgIpc) is 2.44. The molecule has 5 heteroatoms. The van der Waals surface area contributed by atoms with Crippen LogP contribution in [0.5, 0.6) is 5.75 Å². The molecule has 1 rings (SSSR count). The van der Waals surface area contributed by atoms with Gasteiger partial charge >= 0.3 is 5.97 Å². The Balaban J connectivity index is 2.35. The van der Waals surface area contributed by atoms with Crippen LogP contribution in [0.3, 0.4) is 0 Å². The Labute approximate surface area is 119 Å². The molecule has 0 fully saturated rings. The molecule has 0 atom stereocenters. The number of ether oxygens (including phenoxy) is 2. The lowest BCUT2D eigenvalue weighted by Gasteiger charge is -2.21. The SMILES string of the molecule is CCOc1ccc(C(=O)OOCCC(C)(C)OC)cc1. The minimum Gasteiger partial charge on any atom is -0.494 e. The van der Waals surface area contributed by atoms with Crippen LogP contribution in [0.1, 0.15) is 37.6 Å². The summed E-state index contributed by atoms with van der Waals surface area (Å²) in [5, 5.41) is 0. The smallest absolute Gasteiger partial charge is 0.373 e. The number of benzene rings is 1. The minimum atomic E-state index is -0.525. The second kappa shape index (κ2) is 7.87. The molecule has 1 aromatic rings. The van der Waals surface area contributed by atoms with E-state index in [1.165, 1.54) is 0 Å². The van der Waals surface area contributed by atoms with Gasteiger partial charge in [0.1, 0.15) is 5.75 Å². The van der Waals surface area contributed by atoms with Gasteiger partial charge in [-0.25, -0.2) is 4.79 Å². The van der Waals surface area contributed by atoms with E-state index >= 15 is 0 Å². The fourth-order valence-corrected chi connectivity index (χ4v) is 1.39. The summed E-state index contributed by atoms with van der Waals surface area (Å²) >= 11 is 0. The molecule has 0 radical (unpaired) electrons. The molecule has 0 saturated heterocycles. The lowest BCUT2D eigenvalue weighted by Crippen LogP contribution is -2.24. The first-order valence-corrected chi connectivity index (χ1v) is 6.60. The maximum atomic E-state index is 11.7. The second-order valence-electron chi connectivity index (χ2n) is 4.86. The molecule has 5 nitrogen and oxygen atoms in total. The Kier molecular flexibility index (Phi) is 6.48. The predicted molar refractivity (Wildman–Crippen MR) is 74.7 cm³/mol. The molecule has 20 heavy (non-hydrogen) atoms. The lowest BCUT2D eigenvalue weighted by atomic mass is 10.1. The molecule has 0 saturated carbocycles. The third kappa shape index (κ3) is 5.59. The Morgan fingerprint density at radius 1 is 1.20 bits per heavy atom. The highest BCUT2D eigenvalue weighted by Crippen LogP contribution is 2.14. The minimum absolute atomic E-state index is 0.281. The van der Waals surface area contributed by atoms with E-state index in [1.807, 2.05) is 20.8 Å². The van der Waals surface area contributed by atoms with Crippen LogP contribution in [0.4, 0.5) is 0 Å². The van der Waals surface area contributed by atoms with Crippen molar-refractivity contribution in [3.8, 4) is 5.75 Å². The van der Waals surface area contributed by atoms with Crippen LogP contribution in [0.15, 0.2) is 24.3 Å². The molecule has 0 unspecified atom stereocenters. The van der Waals surface area contributed by atoms with Crippen molar-refractivity contribution >= 4 is 5.97 Å². The molecule has 1 aromatic carbocycles. The van der Waals surface area contributed by atoms with Crippen molar-refractivity contribution in [2.45, 2.75) is 32.8 Å². The van der Waals surface area contributed by atoms with Gasteiger partial charge in [-0.3, -0.25) is 4.89 Å². The molecule has 0 aliphatic heterocycles. The van der Waals surface area contributed by atoms with Gasteiger partial charge in [0.25, 0.3) is 0 Å². The molecule has 0 amide bonds. The van der Waals surface area contributed by atoms with E-state index in [1.54, 1.807) is 31.4 Å². The topological polar surface area (TPSA) is 54.0 Å². The number of rotatable bonds is 8. The monoisotopic (exact) mass is 282 g/mol. The Morgan fingerprint density at radius 2 is 1.85 bits per heavy atom. The highest BCUT2D eigenvalue weighted by atomic mass is 17.2. The molecule has 0 aromatic heterocycles. The van der Waals surface area contributed by atoms with Crippen LogP contribution >= 0.6 is 0 Å². The van der Waals surface area contributed by atoms with Gasteiger partial charge in [0, 0.05) is 13.5 Å². The van der Waals surface area contributed by atoms with Crippen LogP contribution in [-0.2, 0) is 14.5 Å². The molecule has 0 bridgehead atoms. The number of methoxy groups -OCH3 is 1. The molecule has 0 aliphatic rings. The fraction of sp³-hybridized carbons (Fsp3) is 0.533. The first kappa shape index (κ1) is 16.5. The molecular formula is C15H22O5. The van der Waals surface area contributed by atoms with Gasteiger partial charge in [0.2, 0.25) is 0 Å². The van der Waals surface area contributed by atoms with Crippen molar-refractivity contribution in [1.82, 2.24) is 0 Å². The van der Waals surface area contributed by atoms with Crippen LogP contribution in [0.25, 0.3) is 0 Å². The summed E-state index contributed by atoms with van der Waals surface area (Å²) in [4.78, 5) is 21.3. The normalized spacial score (nSPS) is 11.2. The third-order valence-corrected chi connectivity index (χ3v) is 2.88. The van der Waals surface area contributed by atoms with Crippen molar-refractivity contribution in [2.24, 2.45) is 0 Å². The van der Waals surface area contributed by atoms with Crippen LogP contribution in [-0.4, -0.2) is 31.9 Å². The summed E-state index contributed by atoms with van der Waals surface area (Å²) in [7, 11) is 1.63. The van der Waals surface area contributed by atoms with Crippen molar-refractivity contribution in [2.75, 3.05) is 20.3 Å². The van der Waals surface area contributed by atoms with Crippen molar-refractivity contribution in [3.63, 3.8) is 0 Å². The Bertz CT molecular complexity index is 411. The molecule has 0 heterocycles. The Morgan fingerprint density at radius 3 is 2.40 bits per heavy atom. The molecule has 0 aliphatic carbocycles. The van der Waals surface area contributed by atoms with Crippen molar-refractivity contribution in [3.05, 3.63) is 29.8 Å². The van der Waals surface area contributed by atoms with Gasteiger partial charge < -0.3 is 9.47 Å².